The highest BCUT2D eigenvalue weighted by molar-refractivity contribution is 5.76. The van der Waals surface area contributed by atoms with E-state index in [1.807, 2.05) is 12.1 Å². The monoisotopic (exact) mass is 247 g/mol. The van der Waals surface area contributed by atoms with Gasteiger partial charge in [-0.05, 0) is 43.6 Å². The minimum absolute atomic E-state index is 0.136. The average molecular weight is 247 g/mol. The molecule has 0 spiro atoms. The van der Waals surface area contributed by atoms with Crippen molar-refractivity contribution in [1.29, 1.82) is 0 Å². The summed E-state index contributed by atoms with van der Waals surface area (Å²) in [5.74, 6) is 0.136. The molecule has 0 radical (unpaired) electrons. The standard InChI is InChI=1S/C14H21N3O/c18-14(6-11-17-9-2-1-3-10-17)16-12-13-4-7-15-8-5-13/h4-5,7-8H,1-3,6,9-12H2,(H,16,18). The van der Waals surface area contributed by atoms with E-state index >= 15 is 0 Å². The number of nitrogens with one attached hydrogen (secondary N) is 1. The summed E-state index contributed by atoms with van der Waals surface area (Å²) >= 11 is 0. The van der Waals surface area contributed by atoms with Gasteiger partial charge in [0.25, 0.3) is 0 Å². The van der Waals surface area contributed by atoms with Crippen molar-refractivity contribution >= 4 is 5.91 Å². The summed E-state index contributed by atoms with van der Waals surface area (Å²) in [5.41, 5.74) is 1.09. The normalized spacial score (nSPS) is 16.4. The van der Waals surface area contributed by atoms with Crippen molar-refractivity contribution in [3.8, 4) is 0 Å². The third-order valence-corrected chi connectivity index (χ3v) is 3.34. The van der Waals surface area contributed by atoms with E-state index in [1.165, 1.54) is 19.3 Å². The maximum absolute atomic E-state index is 11.7. The highest BCUT2D eigenvalue weighted by Crippen LogP contribution is 2.08. The molecule has 1 saturated heterocycles. The highest BCUT2D eigenvalue weighted by Gasteiger charge is 2.11. The zero-order chi connectivity index (χ0) is 12.6. The molecular weight excluding hydrogens is 226 g/mol. The molecule has 18 heavy (non-hydrogen) atoms. The van der Waals surface area contributed by atoms with Crippen molar-refractivity contribution in [3.63, 3.8) is 0 Å². The average Bonchev–Trinajstić information content (AvgIpc) is 2.45. The molecule has 0 atom stereocenters. The van der Waals surface area contributed by atoms with E-state index in [0.717, 1.165) is 25.2 Å². The lowest BCUT2D eigenvalue weighted by molar-refractivity contribution is -0.121. The Bertz CT molecular complexity index is 361. The maximum Gasteiger partial charge on any atom is 0.221 e. The van der Waals surface area contributed by atoms with E-state index in [9.17, 15) is 4.79 Å². The van der Waals surface area contributed by atoms with E-state index in [4.69, 9.17) is 0 Å². The Morgan fingerprint density at radius 2 is 1.94 bits per heavy atom. The number of amides is 1. The van der Waals surface area contributed by atoms with Gasteiger partial charge in [0.2, 0.25) is 5.91 Å². The first-order valence-electron chi connectivity index (χ1n) is 6.72. The van der Waals surface area contributed by atoms with Crippen LogP contribution in [0.5, 0.6) is 0 Å². The minimum atomic E-state index is 0.136. The lowest BCUT2D eigenvalue weighted by Gasteiger charge is -2.25. The molecule has 0 saturated carbocycles. The Balaban J connectivity index is 1.63. The number of rotatable bonds is 5. The molecule has 2 rings (SSSR count). The van der Waals surface area contributed by atoms with Crippen LogP contribution in [-0.2, 0) is 11.3 Å². The van der Waals surface area contributed by atoms with Crippen LogP contribution in [0.3, 0.4) is 0 Å². The van der Waals surface area contributed by atoms with Gasteiger partial charge < -0.3 is 10.2 Å². The van der Waals surface area contributed by atoms with Gasteiger partial charge in [-0.1, -0.05) is 6.42 Å². The number of carbonyl (C=O) groups is 1. The lowest BCUT2D eigenvalue weighted by atomic mass is 10.1. The number of hydrogen-bond acceptors (Lipinski definition) is 3. The molecule has 4 nitrogen and oxygen atoms in total. The van der Waals surface area contributed by atoms with Gasteiger partial charge in [0.05, 0.1) is 0 Å². The number of aromatic nitrogens is 1. The zero-order valence-corrected chi connectivity index (χ0v) is 10.8. The van der Waals surface area contributed by atoms with Crippen LogP contribution < -0.4 is 5.32 Å². The smallest absolute Gasteiger partial charge is 0.221 e. The summed E-state index contributed by atoms with van der Waals surface area (Å²) in [7, 11) is 0. The third kappa shape index (κ3) is 4.45. The molecule has 0 unspecified atom stereocenters. The largest absolute Gasteiger partial charge is 0.352 e. The van der Waals surface area contributed by atoms with Crippen LogP contribution in [0.25, 0.3) is 0 Å². The Labute approximate surface area is 108 Å². The molecule has 1 aliphatic heterocycles. The molecular formula is C14H21N3O. The first-order chi connectivity index (χ1) is 8.84. The van der Waals surface area contributed by atoms with E-state index in [1.54, 1.807) is 12.4 Å². The van der Waals surface area contributed by atoms with Gasteiger partial charge >= 0.3 is 0 Å². The second-order valence-corrected chi connectivity index (χ2v) is 4.78. The summed E-state index contributed by atoms with van der Waals surface area (Å²) in [4.78, 5) is 18.0. The first kappa shape index (κ1) is 13.0. The first-order valence-corrected chi connectivity index (χ1v) is 6.72. The van der Waals surface area contributed by atoms with Gasteiger partial charge in [0.1, 0.15) is 0 Å². The molecule has 0 bridgehead atoms. The van der Waals surface area contributed by atoms with E-state index in [-0.39, 0.29) is 5.91 Å². The predicted octanol–water partition coefficient (Wildman–Crippen LogP) is 1.57. The van der Waals surface area contributed by atoms with Gasteiger partial charge in [-0.15, -0.1) is 0 Å². The lowest BCUT2D eigenvalue weighted by Crippen LogP contribution is -2.34. The van der Waals surface area contributed by atoms with E-state index < -0.39 is 0 Å². The molecule has 98 valence electrons. The predicted molar refractivity (Wildman–Crippen MR) is 71.0 cm³/mol. The molecule has 1 aromatic rings. The van der Waals surface area contributed by atoms with Crippen LogP contribution in [0.1, 0.15) is 31.2 Å². The summed E-state index contributed by atoms with van der Waals surface area (Å²) in [6, 6.07) is 3.84. The molecule has 1 aliphatic rings. The van der Waals surface area contributed by atoms with Crippen LogP contribution in [0.4, 0.5) is 0 Å². The molecule has 4 heteroatoms. The highest BCUT2D eigenvalue weighted by atomic mass is 16.1. The van der Waals surface area contributed by atoms with Gasteiger partial charge in [-0.25, -0.2) is 0 Å². The molecule has 0 aromatic carbocycles. The van der Waals surface area contributed by atoms with Gasteiger partial charge in [-0.2, -0.15) is 0 Å². The second kappa shape index (κ2) is 7.11. The Kier molecular flexibility index (Phi) is 5.15. The summed E-state index contributed by atoms with van der Waals surface area (Å²) in [5, 5.41) is 2.95. The van der Waals surface area contributed by atoms with Gasteiger partial charge in [0.15, 0.2) is 0 Å². The number of likely N-dealkylation sites (tertiary alicyclic amines) is 1. The molecule has 1 N–H and O–H groups in total. The number of nitrogens with zero attached hydrogens (tertiary/aromatic N) is 2. The molecule has 1 amide bonds. The Hall–Kier alpha value is -1.42. The number of carbonyl (C=O) groups excluding carboxylic acids is 1. The van der Waals surface area contributed by atoms with Crippen LogP contribution in [0.15, 0.2) is 24.5 Å². The zero-order valence-electron chi connectivity index (χ0n) is 10.8. The van der Waals surface area contributed by atoms with Crippen LogP contribution >= 0.6 is 0 Å². The minimum Gasteiger partial charge on any atom is -0.352 e. The van der Waals surface area contributed by atoms with Crippen molar-refractivity contribution < 1.29 is 4.79 Å². The van der Waals surface area contributed by atoms with Crippen molar-refractivity contribution in [2.24, 2.45) is 0 Å². The van der Waals surface area contributed by atoms with Crippen molar-refractivity contribution in [1.82, 2.24) is 15.2 Å². The van der Waals surface area contributed by atoms with Crippen molar-refractivity contribution in [2.75, 3.05) is 19.6 Å². The fourth-order valence-corrected chi connectivity index (χ4v) is 2.23. The van der Waals surface area contributed by atoms with E-state index in [2.05, 4.69) is 15.2 Å². The maximum atomic E-state index is 11.7. The van der Waals surface area contributed by atoms with E-state index in [0.29, 0.717) is 13.0 Å². The molecule has 1 fully saturated rings. The summed E-state index contributed by atoms with van der Waals surface area (Å²) in [6.45, 7) is 3.79. The number of hydrogen-bond donors (Lipinski definition) is 1. The SMILES string of the molecule is O=C(CCN1CCCCC1)NCc1ccncc1. The fraction of sp³-hybridized carbons (Fsp3) is 0.571. The van der Waals surface area contributed by atoms with Crippen LogP contribution in [-0.4, -0.2) is 35.4 Å². The van der Waals surface area contributed by atoms with Crippen molar-refractivity contribution in [2.45, 2.75) is 32.2 Å². The quantitative estimate of drug-likeness (QED) is 0.859. The second-order valence-electron chi connectivity index (χ2n) is 4.78. The Morgan fingerprint density at radius 3 is 2.67 bits per heavy atom. The van der Waals surface area contributed by atoms with Gasteiger partial charge in [0, 0.05) is 31.9 Å². The number of piperidine rings is 1. The fourth-order valence-electron chi connectivity index (χ4n) is 2.23. The summed E-state index contributed by atoms with van der Waals surface area (Å²) in [6.07, 6.45) is 7.98. The van der Waals surface area contributed by atoms with Crippen molar-refractivity contribution in [3.05, 3.63) is 30.1 Å². The third-order valence-electron chi connectivity index (χ3n) is 3.34. The topological polar surface area (TPSA) is 45.2 Å². The Morgan fingerprint density at radius 1 is 1.22 bits per heavy atom. The van der Waals surface area contributed by atoms with Gasteiger partial charge in [-0.3, -0.25) is 9.78 Å². The van der Waals surface area contributed by atoms with Crippen LogP contribution in [0, 0.1) is 0 Å². The molecule has 2 heterocycles. The molecule has 0 aliphatic carbocycles. The molecule has 1 aromatic heterocycles. The van der Waals surface area contributed by atoms with Crippen LogP contribution in [0.2, 0.25) is 0 Å². The summed E-state index contributed by atoms with van der Waals surface area (Å²) < 4.78 is 0. The number of pyridine rings is 1.